The lowest BCUT2D eigenvalue weighted by molar-refractivity contribution is -0.136. The Labute approximate surface area is 115 Å². The number of carboxylic acids is 1. The summed E-state index contributed by atoms with van der Waals surface area (Å²) >= 11 is 4.52. The number of aromatic nitrogens is 1. The standard InChI is InChI=1S/C12H9BrFNO2S/c1-6-15-10(5-11(16)17)12(18-6)7-2-3-9(14)8(13)4-7/h2-4H,5H2,1H3,(H,16,17). The number of rotatable bonds is 3. The second kappa shape index (κ2) is 5.16. The van der Waals surface area contributed by atoms with Crippen molar-refractivity contribution >= 4 is 33.2 Å². The van der Waals surface area contributed by atoms with E-state index in [0.717, 1.165) is 15.4 Å². The molecular weight excluding hydrogens is 321 g/mol. The van der Waals surface area contributed by atoms with Gasteiger partial charge in [0.2, 0.25) is 0 Å². The molecule has 3 nitrogen and oxygen atoms in total. The summed E-state index contributed by atoms with van der Waals surface area (Å²) in [5, 5.41) is 9.63. The maximum atomic E-state index is 13.2. The van der Waals surface area contributed by atoms with Crippen LogP contribution in [0.3, 0.4) is 0 Å². The lowest BCUT2D eigenvalue weighted by Gasteiger charge is -2.02. The van der Waals surface area contributed by atoms with E-state index in [0.29, 0.717) is 10.2 Å². The maximum Gasteiger partial charge on any atom is 0.309 e. The number of thiazole rings is 1. The molecule has 2 rings (SSSR count). The van der Waals surface area contributed by atoms with Gasteiger partial charge < -0.3 is 5.11 Å². The van der Waals surface area contributed by atoms with Gasteiger partial charge in [0.25, 0.3) is 0 Å². The molecule has 0 radical (unpaired) electrons. The first-order chi connectivity index (χ1) is 8.47. The van der Waals surface area contributed by atoms with E-state index in [1.54, 1.807) is 12.1 Å². The third-order valence-electron chi connectivity index (χ3n) is 2.30. The summed E-state index contributed by atoms with van der Waals surface area (Å²) in [4.78, 5) is 15.8. The van der Waals surface area contributed by atoms with Crippen LogP contribution in [0.25, 0.3) is 10.4 Å². The van der Waals surface area contributed by atoms with E-state index >= 15 is 0 Å². The van der Waals surface area contributed by atoms with Gasteiger partial charge in [-0.15, -0.1) is 11.3 Å². The minimum Gasteiger partial charge on any atom is -0.481 e. The first-order valence-electron chi connectivity index (χ1n) is 5.11. The lowest BCUT2D eigenvalue weighted by Crippen LogP contribution is -2.01. The number of carboxylic acid groups (broad SMARTS) is 1. The number of hydrogen-bond acceptors (Lipinski definition) is 3. The molecule has 1 heterocycles. The van der Waals surface area contributed by atoms with E-state index in [1.807, 2.05) is 6.92 Å². The molecule has 0 bridgehead atoms. The predicted molar refractivity (Wildman–Crippen MR) is 71.3 cm³/mol. The fourth-order valence-corrected chi connectivity index (χ4v) is 2.91. The monoisotopic (exact) mass is 329 g/mol. The molecule has 94 valence electrons. The molecule has 0 fully saturated rings. The Balaban J connectivity index is 2.49. The molecule has 1 aromatic heterocycles. The minimum atomic E-state index is -0.928. The molecule has 6 heteroatoms. The lowest BCUT2D eigenvalue weighted by atomic mass is 10.1. The van der Waals surface area contributed by atoms with Crippen molar-refractivity contribution in [1.29, 1.82) is 0 Å². The summed E-state index contributed by atoms with van der Waals surface area (Å²) in [5.41, 5.74) is 1.29. The van der Waals surface area contributed by atoms with Gasteiger partial charge in [-0.2, -0.15) is 0 Å². The van der Waals surface area contributed by atoms with E-state index in [-0.39, 0.29) is 12.2 Å². The Morgan fingerprint density at radius 2 is 2.28 bits per heavy atom. The minimum absolute atomic E-state index is 0.130. The van der Waals surface area contributed by atoms with Crippen LogP contribution in [0.4, 0.5) is 4.39 Å². The predicted octanol–water partition coefficient (Wildman–Crippen LogP) is 3.65. The number of benzene rings is 1. The molecule has 0 spiro atoms. The molecule has 0 amide bonds. The molecule has 1 N–H and O–H groups in total. The molecule has 18 heavy (non-hydrogen) atoms. The van der Waals surface area contributed by atoms with Gasteiger partial charge >= 0.3 is 5.97 Å². The fraction of sp³-hybridized carbons (Fsp3) is 0.167. The topological polar surface area (TPSA) is 50.2 Å². The molecule has 0 unspecified atom stereocenters. The second-order valence-corrected chi connectivity index (χ2v) is 5.77. The first-order valence-corrected chi connectivity index (χ1v) is 6.72. The Morgan fingerprint density at radius 1 is 1.56 bits per heavy atom. The van der Waals surface area contributed by atoms with Gasteiger partial charge in [-0.05, 0) is 40.5 Å². The van der Waals surface area contributed by atoms with E-state index in [4.69, 9.17) is 5.11 Å². The summed E-state index contributed by atoms with van der Waals surface area (Å²) in [6.45, 7) is 1.82. The molecule has 0 atom stereocenters. The van der Waals surface area contributed by atoms with Crippen LogP contribution in [-0.4, -0.2) is 16.1 Å². The number of carbonyl (C=O) groups is 1. The van der Waals surface area contributed by atoms with Crippen LogP contribution in [0.2, 0.25) is 0 Å². The Kier molecular flexibility index (Phi) is 3.77. The van der Waals surface area contributed by atoms with Crippen LogP contribution in [0, 0.1) is 12.7 Å². The number of aliphatic carboxylic acids is 1. The molecule has 0 aliphatic carbocycles. The number of hydrogen-bond donors (Lipinski definition) is 1. The molecule has 1 aromatic carbocycles. The van der Waals surface area contributed by atoms with Crippen LogP contribution in [-0.2, 0) is 11.2 Å². The highest BCUT2D eigenvalue weighted by molar-refractivity contribution is 9.10. The maximum absolute atomic E-state index is 13.2. The summed E-state index contributed by atoms with van der Waals surface area (Å²) < 4.78 is 13.5. The van der Waals surface area contributed by atoms with Crippen LogP contribution in [0.1, 0.15) is 10.7 Å². The highest BCUT2D eigenvalue weighted by atomic mass is 79.9. The van der Waals surface area contributed by atoms with Gasteiger partial charge in [0.15, 0.2) is 0 Å². The van der Waals surface area contributed by atoms with Crippen molar-refractivity contribution in [2.75, 3.05) is 0 Å². The van der Waals surface area contributed by atoms with E-state index < -0.39 is 5.97 Å². The quantitative estimate of drug-likeness (QED) is 0.935. The Morgan fingerprint density at radius 3 is 2.89 bits per heavy atom. The van der Waals surface area contributed by atoms with Crippen molar-refractivity contribution < 1.29 is 14.3 Å². The molecular formula is C12H9BrFNO2S. The van der Waals surface area contributed by atoms with Crippen molar-refractivity contribution in [3.63, 3.8) is 0 Å². The van der Waals surface area contributed by atoms with Gasteiger partial charge in [0, 0.05) is 0 Å². The summed E-state index contributed by atoms with van der Waals surface area (Å²) in [7, 11) is 0. The van der Waals surface area contributed by atoms with Crippen molar-refractivity contribution in [3.8, 4) is 10.4 Å². The van der Waals surface area contributed by atoms with Crippen molar-refractivity contribution in [3.05, 3.63) is 39.2 Å². The molecule has 0 saturated carbocycles. The van der Waals surface area contributed by atoms with Gasteiger partial charge in [-0.25, -0.2) is 9.37 Å². The zero-order valence-electron chi connectivity index (χ0n) is 9.41. The van der Waals surface area contributed by atoms with Crippen molar-refractivity contribution in [1.82, 2.24) is 4.98 Å². The molecule has 0 aliphatic heterocycles. The zero-order chi connectivity index (χ0) is 13.3. The Hall–Kier alpha value is -1.27. The normalized spacial score (nSPS) is 10.6. The van der Waals surface area contributed by atoms with Crippen LogP contribution < -0.4 is 0 Å². The molecule has 2 aromatic rings. The van der Waals surface area contributed by atoms with Gasteiger partial charge in [0.1, 0.15) is 5.82 Å². The van der Waals surface area contributed by atoms with Gasteiger partial charge in [0.05, 0.1) is 26.5 Å². The number of nitrogens with zero attached hydrogens (tertiary/aromatic N) is 1. The van der Waals surface area contributed by atoms with Crippen molar-refractivity contribution in [2.45, 2.75) is 13.3 Å². The largest absolute Gasteiger partial charge is 0.481 e. The smallest absolute Gasteiger partial charge is 0.309 e. The number of halogens is 2. The SMILES string of the molecule is Cc1nc(CC(=O)O)c(-c2ccc(F)c(Br)c2)s1. The third kappa shape index (κ3) is 2.76. The fourth-order valence-electron chi connectivity index (χ4n) is 1.60. The summed E-state index contributed by atoms with van der Waals surface area (Å²) in [6.07, 6.45) is -0.130. The first kappa shape index (κ1) is 13.2. The van der Waals surface area contributed by atoms with Crippen LogP contribution >= 0.6 is 27.3 Å². The van der Waals surface area contributed by atoms with Crippen LogP contribution in [0.5, 0.6) is 0 Å². The highest BCUT2D eigenvalue weighted by Crippen LogP contribution is 2.32. The zero-order valence-corrected chi connectivity index (χ0v) is 11.8. The number of aryl methyl sites for hydroxylation is 1. The van der Waals surface area contributed by atoms with E-state index in [2.05, 4.69) is 20.9 Å². The van der Waals surface area contributed by atoms with E-state index in [1.165, 1.54) is 17.4 Å². The summed E-state index contributed by atoms with van der Waals surface area (Å²) in [5.74, 6) is -1.28. The third-order valence-corrected chi connectivity index (χ3v) is 3.97. The van der Waals surface area contributed by atoms with Gasteiger partial charge in [-0.1, -0.05) is 6.07 Å². The van der Waals surface area contributed by atoms with Crippen molar-refractivity contribution in [2.24, 2.45) is 0 Å². The average molecular weight is 330 g/mol. The second-order valence-electron chi connectivity index (χ2n) is 3.71. The van der Waals surface area contributed by atoms with Gasteiger partial charge in [-0.3, -0.25) is 4.79 Å². The summed E-state index contributed by atoms with van der Waals surface area (Å²) in [6, 6.07) is 4.60. The highest BCUT2D eigenvalue weighted by Gasteiger charge is 2.15. The Bertz CT molecular complexity index is 612. The molecule has 0 aliphatic rings. The van der Waals surface area contributed by atoms with Crippen LogP contribution in [0.15, 0.2) is 22.7 Å². The average Bonchev–Trinajstić information content (AvgIpc) is 2.62. The van der Waals surface area contributed by atoms with E-state index in [9.17, 15) is 9.18 Å². The molecule has 0 saturated heterocycles.